The van der Waals surface area contributed by atoms with Gasteiger partial charge in [-0.25, -0.2) is 4.98 Å². The summed E-state index contributed by atoms with van der Waals surface area (Å²) in [5.74, 6) is 0.967. The predicted octanol–water partition coefficient (Wildman–Crippen LogP) is 1.64. The molecule has 2 aliphatic heterocycles. The van der Waals surface area contributed by atoms with Crippen LogP contribution in [0.3, 0.4) is 0 Å². The molecule has 3 rings (SSSR count). The van der Waals surface area contributed by atoms with Gasteiger partial charge in [0, 0.05) is 50.9 Å². The molecule has 6 heteroatoms. The van der Waals surface area contributed by atoms with Crippen molar-refractivity contribution >= 4 is 11.7 Å². The highest BCUT2D eigenvalue weighted by atomic mass is 16.2. The van der Waals surface area contributed by atoms with E-state index >= 15 is 0 Å². The van der Waals surface area contributed by atoms with Crippen molar-refractivity contribution in [2.75, 3.05) is 44.7 Å². The minimum atomic E-state index is -0.0614. The van der Waals surface area contributed by atoms with Crippen LogP contribution in [-0.4, -0.2) is 66.0 Å². The first-order chi connectivity index (χ1) is 12.1. The van der Waals surface area contributed by atoms with E-state index in [0.29, 0.717) is 18.5 Å². The highest BCUT2D eigenvalue weighted by Crippen LogP contribution is 2.34. The second-order valence-electron chi connectivity index (χ2n) is 6.93. The van der Waals surface area contributed by atoms with Gasteiger partial charge in [-0.15, -0.1) is 6.58 Å². The summed E-state index contributed by atoms with van der Waals surface area (Å²) in [6, 6.07) is 5.86. The molecule has 0 aromatic carbocycles. The van der Waals surface area contributed by atoms with Crippen LogP contribution in [0.5, 0.6) is 0 Å². The third kappa shape index (κ3) is 3.38. The average molecular weight is 339 g/mol. The summed E-state index contributed by atoms with van der Waals surface area (Å²) in [7, 11) is 2.15. The molecule has 1 spiro atoms. The summed E-state index contributed by atoms with van der Waals surface area (Å²) in [4.78, 5) is 23.3. The zero-order valence-electron chi connectivity index (χ0n) is 14.8. The molecule has 0 saturated carbocycles. The van der Waals surface area contributed by atoms with Crippen molar-refractivity contribution in [1.29, 1.82) is 5.26 Å². The van der Waals surface area contributed by atoms with Crippen molar-refractivity contribution < 1.29 is 4.79 Å². The molecule has 2 aliphatic rings. The van der Waals surface area contributed by atoms with Crippen LogP contribution in [0.2, 0.25) is 0 Å². The topological polar surface area (TPSA) is 63.5 Å². The van der Waals surface area contributed by atoms with E-state index in [2.05, 4.69) is 34.5 Å². The maximum Gasteiger partial charge on any atom is 0.222 e. The van der Waals surface area contributed by atoms with Gasteiger partial charge >= 0.3 is 0 Å². The number of likely N-dealkylation sites (tertiary alicyclic amines) is 1. The highest BCUT2D eigenvalue weighted by molar-refractivity contribution is 5.76. The first-order valence-electron chi connectivity index (χ1n) is 8.79. The minimum Gasteiger partial charge on any atom is -0.352 e. The number of rotatable bonds is 3. The third-order valence-electron chi connectivity index (χ3n) is 5.56. The average Bonchev–Trinajstić information content (AvgIpc) is 2.79. The van der Waals surface area contributed by atoms with Gasteiger partial charge in [-0.3, -0.25) is 9.69 Å². The molecule has 1 atom stereocenters. The van der Waals surface area contributed by atoms with Gasteiger partial charge in [0.1, 0.15) is 11.9 Å². The van der Waals surface area contributed by atoms with E-state index in [-0.39, 0.29) is 11.4 Å². The smallest absolute Gasteiger partial charge is 0.222 e. The summed E-state index contributed by atoms with van der Waals surface area (Å²) in [6.45, 7) is 7.65. The monoisotopic (exact) mass is 339 g/mol. The number of nitrogens with zero attached hydrogens (tertiary/aromatic N) is 5. The lowest BCUT2D eigenvalue weighted by Crippen LogP contribution is -2.61. The number of nitriles is 1. The van der Waals surface area contributed by atoms with Crippen molar-refractivity contribution in [3.63, 3.8) is 0 Å². The second-order valence-corrected chi connectivity index (χ2v) is 6.93. The van der Waals surface area contributed by atoms with E-state index in [1.807, 2.05) is 11.0 Å². The number of hydrogen-bond acceptors (Lipinski definition) is 5. The fourth-order valence-corrected chi connectivity index (χ4v) is 3.96. The van der Waals surface area contributed by atoms with E-state index in [1.54, 1.807) is 18.3 Å². The van der Waals surface area contributed by atoms with Gasteiger partial charge in [0.15, 0.2) is 0 Å². The minimum absolute atomic E-state index is 0.0614. The molecule has 2 fully saturated rings. The summed E-state index contributed by atoms with van der Waals surface area (Å²) >= 11 is 0. The van der Waals surface area contributed by atoms with E-state index in [0.717, 1.165) is 44.8 Å². The van der Waals surface area contributed by atoms with Crippen molar-refractivity contribution in [2.45, 2.75) is 24.8 Å². The summed E-state index contributed by atoms with van der Waals surface area (Å²) in [6.07, 6.45) is 5.85. The van der Waals surface area contributed by atoms with Gasteiger partial charge in [-0.2, -0.15) is 5.26 Å². The standard InChI is InChI=1S/C19H25N5O/c1-3-10-23-11-8-19(7-6-17(23)25)15-24(13-12-22(19)2)18-16(14-20)5-4-9-21-18/h3-5,9H,1,6-8,10-13,15H2,2H3/t19-/m0/s1. The maximum absolute atomic E-state index is 12.4. The van der Waals surface area contributed by atoms with Crippen LogP contribution < -0.4 is 4.90 Å². The van der Waals surface area contributed by atoms with Crippen molar-refractivity contribution in [2.24, 2.45) is 0 Å². The predicted molar refractivity (Wildman–Crippen MR) is 97.2 cm³/mol. The Labute approximate surface area is 149 Å². The molecule has 0 aliphatic carbocycles. The zero-order valence-corrected chi connectivity index (χ0v) is 14.8. The molecule has 2 saturated heterocycles. The van der Waals surface area contributed by atoms with Crippen molar-refractivity contribution in [3.8, 4) is 6.07 Å². The quantitative estimate of drug-likeness (QED) is 0.784. The lowest BCUT2D eigenvalue weighted by Gasteiger charge is -2.49. The second kappa shape index (κ2) is 7.24. The van der Waals surface area contributed by atoms with Crippen LogP contribution in [0.4, 0.5) is 5.82 Å². The third-order valence-corrected chi connectivity index (χ3v) is 5.56. The Kier molecular flexibility index (Phi) is 5.05. The SMILES string of the molecule is C=CCN1CC[C@@]2(CCC1=O)CN(c1ncccc1C#N)CCN2C. The maximum atomic E-state index is 12.4. The fraction of sp³-hybridized carbons (Fsp3) is 0.526. The number of carbonyl (C=O) groups excluding carboxylic acids is 1. The molecular formula is C19H25N5O. The lowest BCUT2D eigenvalue weighted by molar-refractivity contribution is -0.130. The van der Waals surface area contributed by atoms with Crippen LogP contribution in [0, 0.1) is 11.3 Å². The van der Waals surface area contributed by atoms with Gasteiger partial charge in [0.2, 0.25) is 5.91 Å². The molecule has 0 radical (unpaired) electrons. The molecule has 3 heterocycles. The Morgan fingerprint density at radius 2 is 2.24 bits per heavy atom. The van der Waals surface area contributed by atoms with Gasteiger partial charge in [0.25, 0.3) is 0 Å². The number of hydrogen-bond donors (Lipinski definition) is 0. The molecule has 6 nitrogen and oxygen atoms in total. The molecule has 0 unspecified atom stereocenters. The Balaban J connectivity index is 1.84. The molecule has 132 valence electrons. The van der Waals surface area contributed by atoms with Crippen LogP contribution in [0.1, 0.15) is 24.8 Å². The molecule has 0 N–H and O–H groups in total. The summed E-state index contributed by atoms with van der Waals surface area (Å²) < 4.78 is 0. The van der Waals surface area contributed by atoms with E-state index in [4.69, 9.17) is 0 Å². The molecule has 1 amide bonds. The molecular weight excluding hydrogens is 314 g/mol. The van der Waals surface area contributed by atoms with Gasteiger partial charge in [0.05, 0.1) is 5.56 Å². The number of piperazine rings is 1. The summed E-state index contributed by atoms with van der Waals surface area (Å²) in [5, 5.41) is 9.39. The number of anilines is 1. The Morgan fingerprint density at radius 1 is 1.40 bits per heavy atom. The number of pyridine rings is 1. The van der Waals surface area contributed by atoms with E-state index in [9.17, 15) is 10.1 Å². The van der Waals surface area contributed by atoms with Crippen molar-refractivity contribution in [3.05, 3.63) is 36.5 Å². The highest BCUT2D eigenvalue weighted by Gasteiger charge is 2.42. The number of likely N-dealkylation sites (N-methyl/N-ethyl adjacent to an activating group) is 1. The van der Waals surface area contributed by atoms with E-state index in [1.165, 1.54) is 0 Å². The number of amides is 1. The number of aromatic nitrogens is 1. The Hall–Kier alpha value is -2.39. The van der Waals surface area contributed by atoms with Crippen LogP contribution in [-0.2, 0) is 4.79 Å². The normalized spacial score (nSPS) is 24.9. The molecule has 1 aromatic rings. The van der Waals surface area contributed by atoms with Crippen LogP contribution in [0.25, 0.3) is 0 Å². The fourth-order valence-electron chi connectivity index (χ4n) is 3.96. The van der Waals surface area contributed by atoms with Crippen LogP contribution >= 0.6 is 0 Å². The Bertz CT molecular complexity index is 697. The molecule has 25 heavy (non-hydrogen) atoms. The van der Waals surface area contributed by atoms with Crippen molar-refractivity contribution in [1.82, 2.24) is 14.8 Å². The Morgan fingerprint density at radius 3 is 3.00 bits per heavy atom. The summed E-state index contributed by atoms with van der Waals surface area (Å²) in [5.41, 5.74) is 0.550. The lowest BCUT2D eigenvalue weighted by atomic mass is 9.86. The van der Waals surface area contributed by atoms with Gasteiger partial charge in [-0.1, -0.05) is 6.08 Å². The molecule has 1 aromatic heterocycles. The first kappa shape index (κ1) is 17.4. The van der Waals surface area contributed by atoms with Gasteiger partial charge in [-0.05, 0) is 32.0 Å². The van der Waals surface area contributed by atoms with E-state index < -0.39 is 0 Å². The largest absolute Gasteiger partial charge is 0.352 e. The first-order valence-corrected chi connectivity index (χ1v) is 8.79. The number of carbonyl (C=O) groups is 1. The molecule has 0 bridgehead atoms. The van der Waals surface area contributed by atoms with Gasteiger partial charge < -0.3 is 9.80 Å². The van der Waals surface area contributed by atoms with Crippen LogP contribution in [0.15, 0.2) is 31.0 Å². The zero-order chi connectivity index (χ0) is 17.9.